The third kappa shape index (κ3) is 4.37. The van der Waals surface area contributed by atoms with Crippen LogP contribution in [0.1, 0.15) is 34.4 Å². The van der Waals surface area contributed by atoms with Crippen LogP contribution in [0.25, 0.3) is 10.4 Å². The molecular formula is C16H19N7O6. The fourth-order valence-electron chi connectivity index (χ4n) is 3.02. The number of hydrogen-bond acceptors (Lipinski definition) is 8. The highest BCUT2D eigenvalue weighted by Gasteiger charge is 2.40. The molecule has 1 unspecified atom stereocenters. The third-order valence-corrected chi connectivity index (χ3v) is 4.43. The second-order valence-corrected chi connectivity index (χ2v) is 6.36. The molecule has 3 rings (SSSR count). The van der Waals surface area contributed by atoms with E-state index < -0.39 is 35.7 Å². The summed E-state index contributed by atoms with van der Waals surface area (Å²) in [4.78, 5) is 47.7. The van der Waals surface area contributed by atoms with Crippen LogP contribution in [0.4, 0.5) is 0 Å². The van der Waals surface area contributed by atoms with E-state index in [-0.39, 0.29) is 31.0 Å². The van der Waals surface area contributed by atoms with Gasteiger partial charge in [0.15, 0.2) is 0 Å². The van der Waals surface area contributed by atoms with E-state index in [1.807, 2.05) is 0 Å². The van der Waals surface area contributed by atoms with Crippen LogP contribution < -0.4 is 11.2 Å². The average Bonchev–Trinajstić information content (AvgIpc) is 3.30. The molecule has 1 fully saturated rings. The minimum Gasteiger partial charge on any atom is -0.455 e. The van der Waals surface area contributed by atoms with Crippen molar-refractivity contribution in [3.63, 3.8) is 0 Å². The van der Waals surface area contributed by atoms with Crippen molar-refractivity contribution in [2.24, 2.45) is 5.11 Å². The Morgan fingerprint density at radius 3 is 3.03 bits per heavy atom. The highest BCUT2D eigenvalue weighted by molar-refractivity contribution is 5.88. The smallest absolute Gasteiger partial charge is 0.357 e. The number of aromatic nitrogens is 4. The monoisotopic (exact) mass is 405 g/mol. The Bertz CT molecular complexity index is 1050. The molecule has 13 heteroatoms. The van der Waals surface area contributed by atoms with E-state index in [1.165, 1.54) is 24.2 Å². The zero-order valence-electron chi connectivity index (χ0n) is 15.7. The van der Waals surface area contributed by atoms with Crippen molar-refractivity contribution in [1.29, 1.82) is 0 Å². The van der Waals surface area contributed by atoms with Crippen molar-refractivity contribution < 1.29 is 19.0 Å². The van der Waals surface area contributed by atoms with Crippen LogP contribution in [0.3, 0.4) is 0 Å². The molecule has 0 amide bonds. The lowest BCUT2D eigenvalue weighted by Gasteiger charge is -2.17. The van der Waals surface area contributed by atoms with Gasteiger partial charge >= 0.3 is 11.7 Å². The van der Waals surface area contributed by atoms with E-state index in [9.17, 15) is 14.4 Å². The first-order chi connectivity index (χ1) is 13.9. The van der Waals surface area contributed by atoms with Crippen molar-refractivity contribution >= 4 is 5.97 Å². The number of nitrogens with zero attached hydrogens (tertiary/aromatic N) is 5. The van der Waals surface area contributed by atoms with E-state index >= 15 is 0 Å². The number of aryl methyl sites for hydroxylation is 1. The number of aromatic amines is 2. The number of carbonyl (C=O) groups is 1. The maximum atomic E-state index is 12.6. The average molecular weight is 405 g/mol. The van der Waals surface area contributed by atoms with Crippen molar-refractivity contribution in [3.05, 3.63) is 60.8 Å². The lowest BCUT2D eigenvalue weighted by atomic mass is 10.2. The minimum atomic E-state index is -0.750. The SMILES string of the molecule is COC[C@H]1O[C@@H](n2cc(C)c(=O)[nH]c2=O)CC1OC(=O)c1[nH]cnc1CN=[N+]=[N-]. The molecule has 0 aromatic carbocycles. The summed E-state index contributed by atoms with van der Waals surface area (Å²) in [7, 11) is 1.47. The Kier molecular flexibility index (Phi) is 6.12. The van der Waals surface area contributed by atoms with Crippen LogP contribution in [0, 0.1) is 6.92 Å². The van der Waals surface area contributed by atoms with E-state index in [0.717, 1.165) is 0 Å². The van der Waals surface area contributed by atoms with Crippen LogP contribution in [-0.4, -0.2) is 51.4 Å². The number of hydrogen-bond donors (Lipinski definition) is 2. The predicted octanol–water partition coefficient (Wildman–Crippen LogP) is 0.538. The van der Waals surface area contributed by atoms with Gasteiger partial charge in [-0.1, -0.05) is 5.11 Å². The first-order valence-electron chi connectivity index (χ1n) is 8.65. The number of carbonyl (C=O) groups excluding carboxylic acids is 1. The van der Waals surface area contributed by atoms with Crippen molar-refractivity contribution in [2.45, 2.75) is 38.3 Å². The molecule has 0 spiro atoms. The van der Waals surface area contributed by atoms with Crippen LogP contribution in [-0.2, 0) is 20.8 Å². The quantitative estimate of drug-likeness (QED) is 0.292. The summed E-state index contributed by atoms with van der Waals surface area (Å²) in [6.45, 7) is 1.58. The molecule has 1 aliphatic rings. The predicted molar refractivity (Wildman–Crippen MR) is 97.1 cm³/mol. The standard InChI is InChI=1S/C16H19N7O6/c1-8-5-23(16(26)21-14(8)24)12-3-10(11(28-12)6-27-2)29-15(25)13-9(4-20-22-17)18-7-19-13/h5,7,10-12H,3-4,6H2,1-2H3,(H,18,19)(H,21,24,26)/t10?,11-,12-/m1/s1. The number of H-pyrrole nitrogens is 2. The minimum absolute atomic E-state index is 0.0640. The van der Waals surface area contributed by atoms with Gasteiger partial charge in [0.25, 0.3) is 5.56 Å². The van der Waals surface area contributed by atoms with Gasteiger partial charge in [-0.05, 0) is 12.5 Å². The molecule has 29 heavy (non-hydrogen) atoms. The molecule has 1 aliphatic heterocycles. The van der Waals surface area contributed by atoms with Gasteiger partial charge in [-0.3, -0.25) is 14.3 Å². The fourth-order valence-corrected chi connectivity index (χ4v) is 3.02. The molecule has 2 N–H and O–H groups in total. The zero-order chi connectivity index (χ0) is 21.0. The van der Waals surface area contributed by atoms with Crippen LogP contribution >= 0.6 is 0 Å². The van der Waals surface area contributed by atoms with Gasteiger partial charge in [-0.2, -0.15) is 0 Å². The Balaban J connectivity index is 1.80. The topological polar surface area (TPSA) is 177 Å². The molecule has 0 radical (unpaired) electrons. The summed E-state index contributed by atoms with van der Waals surface area (Å²) >= 11 is 0. The Morgan fingerprint density at radius 2 is 2.31 bits per heavy atom. The van der Waals surface area contributed by atoms with E-state index in [2.05, 4.69) is 25.0 Å². The van der Waals surface area contributed by atoms with Gasteiger partial charge in [0.1, 0.15) is 24.1 Å². The highest BCUT2D eigenvalue weighted by atomic mass is 16.6. The summed E-state index contributed by atoms with van der Waals surface area (Å²) in [6, 6.07) is 0. The molecule has 0 aliphatic carbocycles. The molecule has 1 saturated heterocycles. The lowest BCUT2D eigenvalue weighted by molar-refractivity contribution is -0.0602. The number of azide groups is 1. The molecule has 0 saturated carbocycles. The molecular weight excluding hydrogens is 386 g/mol. The van der Waals surface area contributed by atoms with E-state index in [4.69, 9.17) is 19.7 Å². The third-order valence-electron chi connectivity index (χ3n) is 4.43. The summed E-state index contributed by atoms with van der Waals surface area (Å²) in [5.74, 6) is -0.703. The van der Waals surface area contributed by atoms with Gasteiger partial charge in [0.05, 0.1) is 25.2 Å². The summed E-state index contributed by atoms with van der Waals surface area (Å²) in [5.41, 5.74) is 7.99. The number of nitrogens with one attached hydrogen (secondary N) is 2. The first-order valence-corrected chi connectivity index (χ1v) is 8.65. The molecule has 3 heterocycles. The normalized spacial score (nSPS) is 21.0. The van der Waals surface area contributed by atoms with E-state index in [1.54, 1.807) is 6.92 Å². The first kappa shape index (κ1) is 20.3. The van der Waals surface area contributed by atoms with Gasteiger partial charge in [-0.25, -0.2) is 14.6 Å². The van der Waals surface area contributed by atoms with Gasteiger partial charge in [-0.15, -0.1) is 0 Å². The molecule has 2 aromatic heterocycles. The lowest BCUT2D eigenvalue weighted by Crippen LogP contribution is -2.33. The van der Waals surface area contributed by atoms with Gasteiger partial charge < -0.3 is 19.2 Å². The van der Waals surface area contributed by atoms with Crippen molar-refractivity contribution in [1.82, 2.24) is 19.5 Å². The Labute approximate surface area is 163 Å². The molecule has 13 nitrogen and oxygen atoms in total. The number of methoxy groups -OCH3 is 1. The molecule has 0 bridgehead atoms. The molecule has 154 valence electrons. The number of imidazole rings is 1. The summed E-state index contributed by atoms with van der Waals surface area (Å²) in [6.07, 6.45) is 0.763. The zero-order valence-corrected chi connectivity index (χ0v) is 15.7. The number of esters is 1. The number of ether oxygens (including phenoxy) is 3. The summed E-state index contributed by atoms with van der Waals surface area (Å²) in [5, 5.41) is 3.39. The largest absolute Gasteiger partial charge is 0.455 e. The molecule has 3 atom stereocenters. The Morgan fingerprint density at radius 1 is 1.52 bits per heavy atom. The van der Waals surface area contributed by atoms with Crippen molar-refractivity contribution in [3.8, 4) is 0 Å². The van der Waals surface area contributed by atoms with Gasteiger partial charge in [0, 0.05) is 30.2 Å². The van der Waals surface area contributed by atoms with Gasteiger partial charge in [0.2, 0.25) is 0 Å². The maximum Gasteiger partial charge on any atom is 0.357 e. The maximum absolute atomic E-state index is 12.6. The number of rotatable bonds is 7. The second kappa shape index (κ2) is 8.73. The van der Waals surface area contributed by atoms with E-state index in [0.29, 0.717) is 5.56 Å². The summed E-state index contributed by atoms with van der Waals surface area (Å²) < 4.78 is 17.8. The fraction of sp³-hybridized carbons (Fsp3) is 0.500. The van der Waals surface area contributed by atoms with Crippen LogP contribution in [0.15, 0.2) is 27.2 Å². The van der Waals surface area contributed by atoms with Crippen LogP contribution in [0.2, 0.25) is 0 Å². The highest BCUT2D eigenvalue weighted by Crippen LogP contribution is 2.30. The second-order valence-electron chi connectivity index (χ2n) is 6.36. The van der Waals surface area contributed by atoms with Crippen LogP contribution in [0.5, 0.6) is 0 Å². The molecule has 2 aromatic rings. The van der Waals surface area contributed by atoms with Crippen molar-refractivity contribution in [2.75, 3.05) is 13.7 Å². The Hall–Kier alpha value is -3.41.